The number of carboxylic acids is 1. The topological polar surface area (TPSA) is 171 Å². The number of ether oxygens (including phenoxy) is 2. The molecule has 63 heavy (non-hydrogen) atoms. The number of likely N-dealkylation sites (N-methyl/N-ethyl adjacent to an activating group) is 2. The zero-order valence-electron chi connectivity index (χ0n) is 40.3. The number of ketones is 1. The molecule has 1 aliphatic heterocycles. The number of aliphatic carboxylic acids is 1. The molecule has 1 aromatic carbocycles. The molecule has 0 spiro atoms. The SMILES string of the molecule is CC[C@H](C)[C@@H]([C@@H](CC(=O)N1CCC[C@H]1[C@H](OC)[C@@H](C)C(=O)N[C@@H](Cc1ccccc1)C(=O)O)OC)N(C)C(=O)[C@@H](CC(=O)[C@H](C(C)C)N(C)Cc1ccnc(NC(C)C)c1)C(C)C. The van der Waals surface area contributed by atoms with Crippen molar-refractivity contribution in [3.05, 3.63) is 59.8 Å². The molecule has 1 aliphatic rings. The summed E-state index contributed by atoms with van der Waals surface area (Å²) >= 11 is 0. The number of Topliss-reactive ketones (excluding diaryl/α,β-unsaturated/α-hetero) is 1. The summed E-state index contributed by atoms with van der Waals surface area (Å²) in [6.45, 7) is 18.9. The zero-order valence-corrected chi connectivity index (χ0v) is 40.3. The predicted molar refractivity (Wildman–Crippen MR) is 247 cm³/mol. The Hall–Kier alpha value is -4.40. The summed E-state index contributed by atoms with van der Waals surface area (Å²) in [5, 5.41) is 16.0. The second-order valence-corrected chi connectivity index (χ2v) is 18.7. The van der Waals surface area contributed by atoms with Crippen LogP contribution in [-0.4, -0.2) is 132 Å². The van der Waals surface area contributed by atoms with E-state index >= 15 is 0 Å². The van der Waals surface area contributed by atoms with E-state index in [0.717, 1.165) is 23.4 Å². The number of amides is 3. The van der Waals surface area contributed by atoms with Crippen molar-refractivity contribution in [2.75, 3.05) is 40.2 Å². The Morgan fingerprint density at radius 3 is 2.13 bits per heavy atom. The number of carboxylic acid groups (broad SMARTS) is 1. The Kier molecular flexibility index (Phi) is 21.2. The highest BCUT2D eigenvalue weighted by molar-refractivity contribution is 5.90. The van der Waals surface area contributed by atoms with Gasteiger partial charge in [-0.15, -0.1) is 0 Å². The Labute approximate surface area is 377 Å². The number of nitrogens with zero attached hydrogens (tertiary/aromatic N) is 4. The second kappa shape index (κ2) is 25.2. The maximum atomic E-state index is 14.7. The number of carbonyl (C=O) groups excluding carboxylic acids is 4. The van der Waals surface area contributed by atoms with Crippen LogP contribution in [0.15, 0.2) is 48.7 Å². The van der Waals surface area contributed by atoms with Crippen molar-refractivity contribution in [2.24, 2.45) is 29.6 Å². The Bertz CT molecular complexity index is 1770. The zero-order chi connectivity index (χ0) is 47.1. The number of hydrogen-bond acceptors (Lipinski definition) is 10. The van der Waals surface area contributed by atoms with Gasteiger partial charge < -0.3 is 35.0 Å². The molecule has 14 heteroatoms. The minimum Gasteiger partial charge on any atom is -0.480 e. The van der Waals surface area contributed by atoms with Gasteiger partial charge in [-0.05, 0) is 74.8 Å². The quantitative estimate of drug-likeness (QED) is 0.0967. The molecule has 1 fully saturated rings. The highest BCUT2D eigenvalue weighted by Gasteiger charge is 2.43. The molecule has 0 unspecified atom stereocenters. The van der Waals surface area contributed by atoms with Crippen LogP contribution in [0.5, 0.6) is 0 Å². The van der Waals surface area contributed by atoms with Crippen molar-refractivity contribution in [2.45, 2.75) is 150 Å². The maximum absolute atomic E-state index is 14.7. The maximum Gasteiger partial charge on any atom is 0.326 e. The van der Waals surface area contributed by atoms with Crippen LogP contribution in [0.1, 0.15) is 106 Å². The molecule has 14 nitrogen and oxygen atoms in total. The van der Waals surface area contributed by atoms with E-state index in [1.165, 1.54) is 7.11 Å². The fourth-order valence-electron chi connectivity index (χ4n) is 9.33. The molecule has 1 saturated heterocycles. The second-order valence-electron chi connectivity index (χ2n) is 18.7. The molecule has 3 amide bonds. The number of likely N-dealkylation sites (tertiary alicyclic amines) is 1. The van der Waals surface area contributed by atoms with E-state index in [-0.39, 0.29) is 60.7 Å². The lowest BCUT2D eigenvalue weighted by Crippen LogP contribution is -2.55. The first-order chi connectivity index (χ1) is 29.7. The fourth-order valence-corrected chi connectivity index (χ4v) is 9.33. The fraction of sp³-hybridized carbons (Fsp3) is 0.673. The molecule has 9 atom stereocenters. The molecule has 0 saturated carbocycles. The third-order valence-electron chi connectivity index (χ3n) is 12.8. The Morgan fingerprint density at radius 1 is 0.905 bits per heavy atom. The number of methoxy groups -OCH3 is 2. The van der Waals surface area contributed by atoms with Crippen LogP contribution in [0.3, 0.4) is 0 Å². The summed E-state index contributed by atoms with van der Waals surface area (Å²) in [7, 11) is 6.77. The number of carbonyl (C=O) groups is 5. The summed E-state index contributed by atoms with van der Waals surface area (Å²) < 4.78 is 12.0. The molecular weight excluding hydrogens is 801 g/mol. The molecule has 0 radical (unpaired) electrons. The first-order valence-corrected chi connectivity index (χ1v) is 22.9. The van der Waals surface area contributed by atoms with Gasteiger partial charge in [-0.2, -0.15) is 0 Å². The number of rotatable bonds is 26. The van der Waals surface area contributed by atoms with Gasteiger partial charge in [0.1, 0.15) is 11.9 Å². The summed E-state index contributed by atoms with van der Waals surface area (Å²) in [6, 6.07) is 10.9. The molecule has 2 aromatic rings. The number of nitrogens with one attached hydrogen (secondary N) is 2. The van der Waals surface area contributed by atoms with Crippen molar-refractivity contribution in [1.82, 2.24) is 25.0 Å². The van der Waals surface area contributed by atoms with Gasteiger partial charge in [-0.1, -0.05) is 85.2 Å². The van der Waals surface area contributed by atoms with Crippen molar-refractivity contribution in [3.8, 4) is 0 Å². The van der Waals surface area contributed by atoms with Gasteiger partial charge in [0, 0.05) is 65.4 Å². The smallest absolute Gasteiger partial charge is 0.326 e. The van der Waals surface area contributed by atoms with E-state index in [2.05, 4.69) is 34.4 Å². The highest BCUT2D eigenvalue weighted by Crippen LogP contribution is 2.31. The van der Waals surface area contributed by atoms with Gasteiger partial charge in [-0.25, -0.2) is 9.78 Å². The lowest BCUT2D eigenvalue weighted by molar-refractivity contribution is -0.149. The van der Waals surface area contributed by atoms with Crippen molar-refractivity contribution in [3.63, 3.8) is 0 Å². The summed E-state index contributed by atoms with van der Waals surface area (Å²) in [5.74, 6) is -2.69. The predicted octanol–water partition coefficient (Wildman–Crippen LogP) is 6.32. The number of hydrogen-bond donors (Lipinski definition) is 3. The standard InChI is InChI=1S/C49H78N6O8/c1-14-33(8)45(54(11)48(59)37(30(2)3)27-40(56)44(31(4)5)53(10)29-36-22-23-50-42(26-36)51-32(6)7)41(62-12)28-43(57)55-24-18-21-39(55)46(63-13)34(9)47(58)52-38(49(60)61)25-35-19-16-15-17-20-35/h15-17,19-20,22-23,26,30-34,37-39,41,44-46H,14,18,21,24-25,27-29H2,1-13H3,(H,50,51)(H,52,58)(H,60,61)/t33-,34+,37-,38-,39-,41+,44-,45-,46+/m0/s1. The van der Waals surface area contributed by atoms with Crippen LogP contribution in [0.4, 0.5) is 5.82 Å². The molecule has 2 heterocycles. The van der Waals surface area contributed by atoms with Crippen molar-refractivity contribution >= 4 is 35.3 Å². The van der Waals surface area contributed by atoms with Gasteiger partial charge in [-0.3, -0.25) is 24.1 Å². The normalized spacial score (nSPS) is 18.1. The Balaban J connectivity index is 1.78. The van der Waals surface area contributed by atoms with Crippen LogP contribution in [0.25, 0.3) is 0 Å². The van der Waals surface area contributed by atoms with E-state index in [4.69, 9.17) is 9.47 Å². The lowest BCUT2D eigenvalue weighted by atomic mass is 9.83. The van der Waals surface area contributed by atoms with Crippen LogP contribution in [0.2, 0.25) is 0 Å². The number of anilines is 1. The van der Waals surface area contributed by atoms with Gasteiger partial charge >= 0.3 is 5.97 Å². The first kappa shape index (κ1) is 52.9. The Morgan fingerprint density at radius 2 is 1.57 bits per heavy atom. The van der Waals surface area contributed by atoms with E-state index in [9.17, 15) is 29.1 Å². The van der Waals surface area contributed by atoms with Crippen LogP contribution in [0, 0.1) is 29.6 Å². The molecule has 3 N–H and O–H groups in total. The highest BCUT2D eigenvalue weighted by atomic mass is 16.5. The first-order valence-electron chi connectivity index (χ1n) is 22.9. The van der Waals surface area contributed by atoms with Gasteiger partial charge in [0.2, 0.25) is 17.7 Å². The van der Waals surface area contributed by atoms with Crippen molar-refractivity contribution in [1.29, 1.82) is 0 Å². The van der Waals surface area contributed by atoms with Gasteiger partial charge in [0.25, 0.3) is 0 Å². The number of pyridine rings is 1. The minimum atomic E-state index is -1.14. The van der Waals surface area contributed by atoms with Gasteiger partial charge in [0.05, 0.1) is 42.7 Å². The number of benzene rings is 1. The van der Waals surface area contributed by atoms with Crippen LogP contribution >= 0.6 is 0 Å². The summed E-state index contributed by atoms with van der Waals surface area (Å²) in [6.07, 6.45) is 2.64. The molecule has 3 rings (SSSR count). The molecule has 352 valence electrons. The lowest BCUT2D eigenvalue weighted by Gasteiger charge is -2.41. The van der Waals surface area contributed by atoms with Crippen LogP contribution < -0.4 is 10.6 Å². The third-order valence-corrected chi connectivity index (χ3v) is 12.8. The third kappa shape index (κ3) is 14.8. The van der Waals surface area contributed by atoms with E-state index in [1.807, 2.05) is 91.1 Å². The van der Waals surface area contributed by atoms with Crippen molar-refractivity contribution < 1.29 is 38.6 Å². The largest absolute Gasteiger partial charge is 0.480 e. The number of aromatic nitrogens is 1. The van der Waals surface area contributed by atoms with E-state index in [1.54, 1.807) is 37.1 Å². The average molecular weight is 879 g/mol. The minimum absolute atomic E-state index is 0.000717. The molecular formula is C49H78N6O8. The van der Waals surface area contributed by atoms with Gasteiger partial charge in [0.15, 0.2) is 5.78 Å². The summed E-state index contributed by atoms with van der Waals surface area (Å²) in [5.41, 5.74) is 1.81. The molecule has 0 aliphatic carbocycles. The summed E-state index contributed by atoms with van der Waals surface area (Å²) in [4.78, 5) is 79.0. The monoisotopic (exact) mass is 879 g/mol. The molecule has 1 aromatic heterocycles. The van der Waals surface area contributed by atoms with E-state index < -0.39 is 60.1 Å². The average Bonchev–Trinajstić information content (AvgIpc) is 3.71. The van der Waals surface area contributed by atoms with E-state index in [0.29, 0.717) is 25.9 Å². The molecule has 0 bridgehead atoms. The van der Waals surface area contributed by atoms with Crippen LogP contribution in [-0.2, 0) is 46.4 Å².